The second kappa shape index (κ2) is 8.25. The molecule has 0 atom stereocenters. The molecule has 0 aliphatic heterocycles. The molecule has 0 radical (unpaired) electrons. The Labute approximate surface area is 139 Å². The maximum Gasteiger partial charge on any atom is 0.120 e. The molecule has 22 heavy (non-hydrogen) atoms. The van der Waals surface area contributed by atoms with Gasteiger partial charge in [0.25, 0.3) is 0 Å². The van der Waals surface area contributed by atoms with Crippen molar-refractivity contribution in [2.45, 2.75) is 13.1 Å². The molecule has 6 heteroatoms. The van der Waals surface area contributed by atoms with Crippen LogP contribution in [-0.2, 0) is 13.1 Å². The summed E-state index contributed by atoms with van der Waals surface area (Å²) in [6, 6.07) is 9.94. The van der Waals surface area contributed by atoms with Crippen molar-refractivity contribution in [3.05, 3.63) is 57.6 Å². The minimum Gasteiger partial charge on any atom is -0.508 e. The Morgan fingerprint density at radius 3 is 1.55 bits per heavy atom. The molecular weight excluding hydrogens is 323 g/mol. The Balaban J connectivity index is 1.69. The standard InChI is InChI=1S/C16H18Cl2N2O2/c17-13-1-3-15(21)11(7-13)9-19-5-6-20-10-12-8-14(18)2-4-16(12)22/h1-4,7-8,19-22H,5-6,9-10H2. The summed E-state index contributed by atoms with van der Waals surface area (Å²) in [6.07, 6.45) is 0. The van der Waals surface area contributed by atoms with Crippen molar-refractivity contribution in [2.75, 3.05) is 13.1 Å². The van der Waals surface area contributed by atoms with E-state index in [0.717, 1.165) is 11.1 Å². The normalized spacial score (nSPS) is 10.8. The fourth-order valence-electron chi connectivity index (χ4n) is 2.01. The molecule has 0 aliphatic rings. The quantitative estimate of drug-likeness (QED) is 0.584. The molecule has 4 nitrogen and oxygen atoms in total. The second-order valence-electron chi connectivity index (χ2n) is 4.90. The summed E-state index contributed by atoms with van der Waals surface area (Å²) in [5.41, 5.74) is 1.53. The van der Waals surface area contributed by atoms with E-state index in [9.17, 15) is 10.2 Å². The molecule has 0 saturated carbocycles. The van der Waals surface area contributed by atoms with Gasteiger partial charge in [-0.2, -0.15) is 0 Å². The predicted octanol–water partition coefficient (Wildman–Crippen LogP) is 3.28. The van der Waals surface area contributed by atoms with E-state index in [4.69, 9.17) is 23.2 Å². The average Bonchev–Trinajstić information content (AvgIpc) is 2.49. The summed E-state index contributed by atoms with van der Waals surface area (Å²) in [5, 5.41) is 27.0. The molecule has 0 unspecified atom stereocenters. The van der Waals surface area contributed by atoms with Gasteiger partial charge in [0.2, 0.25) is 0 Å². The number of rotatable bonds is 7. The van der Waals surface area contributed by atoms with Gasteiger partial charge in [0.1, 0.15) is 11.5 Å². The number of nitrogens with one attached hydrogen (secondary N) is 2. The van der Waals surface area contributed by atoms with Crippen LogP contribution in [-0.4, -0.2) is 23.3 Å². The summed E-state index contributed by atoms with van der Waals surface area (Å²) >= 11 is 11.8. The van der Waals surface area contributed by atoms with Crippen molar-refractivity contribution in [1.82, 2.24) is 10.6 Å². The molecule has 0 aromatic heterocycles. The van der Waals surface area contributed by atoms with Crippen LogP contribution in [0.2, 0.25) is 10.0 Å². The monoisotopic (exact) mass is 340 g/mol. The van der Waals surface area contributed by atoms with E-state index in [1.54, 1.807) is 36.4 Å². The lowest BCUT2D eigenvalue weighted by Gasteiger charge is -2.09. The molecule has 4 N–H and O–H groups in total. The second-order valence-corrected chi connectivity index (χ2v) is 5.77. The molecule has 0 bridgehead atoms. The smallest absolute Gasteiger partial charge is 0.120 e. The molecule has 2 aromatic carbocycles. The lowest BCUT2D eigenvalue weighted by atomic mass is 10.2. The zero-order chi connectivity index (χ0) is 15.9. The highest BCUT2D eigenvalue weighted by atomic mass is 35.5. The summed E-state index contributed by atoms with van der Waals surface area (Å²) < 4.78 is 0. The molecular formula is C16H18Cl2N2O2. The zero-order valence-electron chi connectivity index (χ0n) is 11.9. The maximum absolute atomic E-state index is 9.69. The van der Waals surface area contributed by atoms with Crippen molar-refractivity contribution in [2.24, 2.45) is 0 Å². The van der Waals surface area contributed by atoms with Gasteiger partial charge in [-0.15, -0.1) is 0 Å². The first-order valence-electron chi connectivity index (χ1n) is 6.92. The highest BCUT2D eigenvalue weighted by Gasteiger charge is 2.03. The van der Waals surface area contributed by atoms with Crippen molar-refractivity contribution in [3.8, 4) is 11.5 Å². The number of phenolic OH excluding ortho intramolecular Hbond substituents is 2. The van der Waals surface area contributed by atoms with Gasteiger partial charge in [-0.25, -0.2) is 0 Å². The van der Waals surface area contributed by atoms with Crippen molar-refractivity contribution < 1.29 is 10.2 Å². The minimum absolute atomic E-state index is 0.230. The molecule has 118 valence electrons. The van der Waals surface area contributed by atoms with Gasteiger partial charge in [-0.05, 0) is 36.4 Å². The van der Waals surface area contributed by atoms with Gasteiger partial charge < -0.3 is 20.8 Å². The summed E-state index contributed by atoms with van der Waals surface area (Å²) in [7, 11) is 0. The molecule has 0 saturated heterocycles. The van der Waals surface area contributed by atoms with Crippen LogP contribution in [0.15, 0.2) is 36.4 Å². The van der Waals surface area contributed by atoms with Crippen molar-refractivity contribution >= 4 is 23.2 Å². The van der Waals surface area contributed by atoms with E-state index >= 15 is 0 Å². The summed E-state index contributed by atoms with van der Waals surface area (Å²) in [6.45, 7) is 2.51. The fourth-order valence-corrected chi connectivity index (χ4v) is 2.40. The lowest BCUT2D eigenvalue weighted by Crippen LogP contribution is -2.26. The largest absolute Gasteiger partial charge is 0.508 e. The first kappa shape index (κ1) is 16.9. The maximum atomic E-state index is 9.69. The summed E-state index contributed by atoms with van der Waals surface area (Å²) in [5.74, 6) is 0.461. The van der Waals surface area contributed by atoms with Crippen molar-refractivity contribution in [1.29, 1.82) is 0 Å². The number of benzene rings is 2. The molecule has 2 aromatic rings. The molecule has 0 spiro atoms. The Hall–Kier alpha value is -1.46. The van der Waals surface area contributed by atoms with E-state index in [1.165, 1.54) is 0 Å². The topological polar surface area (TPSA) is 64.5 Å². The van der Waals surface area contributed by atoms with E-state index in [2.05, 4.69) is 10.6 Å². The number of hydrogen-bond donors (Lipinski definition) is 4. The van der Waals surface area contributed by atoms with E-state index < -0.39 is 0 Å². The minimum atomic E-state index is 0.230. The van der Waals surface area contributed by atoms with E-state index in [1.807, 2.05) is 0 Å². The lowest BCUT2D eigenvalue weighted by molar-refractivity contribution is 0.461. The van der Waals surface area contributed by atoms with Crippen LogP contribution in [0.4, 0.5) is 0 Å². The van der Waals surface area contributed by atoms with Crippen LogP contribution in [0.1, 0.15) is 11.1 Å². The van der Waals surface area contributed by atoms with Crippen LogP contribution in [0.5, 0.6) is 11.5 Å². The molecule has 0 fully saturated rings. The zero-order valence-corrected chi connectivity index (χ0v) is 13.5. The van der Waals surface area contributed by atoms with Crippen LogP contribution < -0.4 is 10.6 Å². The Morgan fingerprint density at radius 2 is 1.14 bits per heavy atom. The molecule has 2 rings (SSSR count). The first-order valence-corrected chi connectivity index (χ1v) is 7.68. The predicted molar refractivity (Wildman–Crippen MR) is 89.6 cm³/mol. The summed E-state index contributed by atoms with van der Waals surface area (Å²) in [4.78, 5) is 0. The van der Waals surface area contributed by atoms with Gasteiger partial charge in [-0.3, -0.25) is 0 Å². The van der Waals surface area contributed by atoms with Crippen LogP contribution in [0, 0.1) is 0 Å². The van der Waals surface area contributed by atoms with E-state index in [-0.39, 0.29) is 11.5 Å². The fraction of sp³-hybridized carbons (Fsp3) is 0.250. The molecule has 0 aliphatic carbocycles. The number of halogens is 2. The average molecular weight is 341 g/mol. The third-order valence-corrected chi connectivity index (χ3v) is 3.66. The Morgan fingerprint density at radius 1 is 0.727 bits per heavy atom. The highest BCUT2D eigenvalue weighted by molar-refractivity contribution is 6.31. The van der Waals surface area contributed by atoms with Gasteiger partial charge in [-0.1, -0.05) is 23.2 Å². The third kappa shape index (κ3) is 5.07. The van der Waals surface area contributed by atoms with Gasteiger partial charge in [0.15, 0.2) is 0 Å². The number of phenols is 2. The van der Waals surface area contributed by atoms with Crippen molar-refractivity contribution in [3.63, 3.8) is 0 Å². The highest BCUT2D eigenvalue weighted by Crippen LogP contribution is 2.21. The number of hydrogen-bond acceptors (Lipinski definition) is 4. The molecule has 0 heterocycles. The molecule has 0 amide bonds. The van der Waals surface area contributed by atoms with Crippen LogP contribution >= 0.6 is 23.2 Å². The van der Waals surface area contributed by atoms with Gasteiger partial charge in [0.05, 0.1) is 0 Å². The van der Waals surface area contributed by atoms with Gasteiger partial charge in [0, 0.05) is 47.4 Å². The van der Waals surface area contributed by atoms with E-state index in [0.29, 0.717) is 36.2 Å². The number of aromatic hydroxyl groups is 2. The van der Waals surface area contributed by atoms with Gasteiger partial charge >= 0.3 is 0 Å². The Kier molecular flexibility index (Phi) is 6.34. The van der Waals surface area contributed by atoms with Crippen LogP contribution in [0.3, 0.4) is 0 Å². The first-order chi connectivity index (χ1) is 10.6. The third-order valence-electron chi connectivity index (χ3n) is 3.19. The Bertz CT molecular complexity index is 580. The van der Waals surface area contributed by atoms with Crippen LogP contribution in [0.25, 0.3) is 0 Å². The SMILES string of the molecule is Oc1ccc(Cl)cc1CNCCNCc1cc(Cl)ccc1O.